The Morgan fingerprint density at radius 2 is 1.70 bits per heavy atom. The number of Topliss-reactive ketones (excluding diaryl/α,β-unsaturated/α-hetero) is 1. The van der Waals surface area contributed by atoms with Gasteiger partial charge in [0.1, 0.15) is 5.82 Å². The highest BCUT2D eigenvalue weighted by atomic mass is 16.2. The van der Waals surface area contributed by atoms with E-state index in [1.165, 1.54) is 0 Å². The highest BCUT2D eigenvalue weighted by Gasteiger charge is 2.34. The van der Waals surface area contributed by atoms with Crippen molar-refractivity contribution in [3.05, 3.63) is 107 Å². The van der Waals surface area contributed by atoms with Crippen molar-refractivity contribution in [2.75, 3.05) is 23.7 Å². The molecule has 5 aromatic rings. The van der Waals surface area contributed by atoms with Crippen LogP contribution in [0.3, 0.4) is 0 Å². The van der Waals surface area contributed by atoms with Crippen LogP contribution >= 0.6 is 0 Å². The molecule has 1 unspecified atom stereocenters. The Labute approximate surface area is 269 Å². The van der Waals surface area contributed by atoms with Gasteiger partial charge in [-0.25, -0.2) is 9.48 Å². The van der Waals surface area contributed by atoms with Crippen LogP contribution in [-0.4, -0.2) is 44.7 Å². The third-order valence-corrected chi connectivity index (χ3v) is 8.75. The average Bonchev–Trinajstić information content (AvgIpc) is 3.47. The molecule has 1 aliphatic heterocycles. The maximum atomic E-state index is 14.5. The molecule has 0 aliphatic carbocycles. The number of ketones is 1. The number of rotatable bonds is 7. The Morgan fingerprint density at radius 1 is 0.957 bits per heavy atom. The maximum Gasteiger partial charge on any atom is 0.324 e. The van der Waals surface area contributed by atoms with Crippen molar-refractivity contribution in [1.82, 2.24) is 25.1 Å². The Kier molecular flexibility index (Phi) is 8.69. The molecule has 0 saturated carbocycles. The fraction of sp³-hybridized carbons (Fsp3) is 0.324. The van der Waals surface area contributed by atoms with E-state index >= 15 is 0 Å². The number of hydrogen-bond donors (Lipinski definition) is 3. The standard InChI is InChI=1S/C37H41N7O2/c1-23-10-12-27(13-11-23)44-33(21-32(43-44)37(3,4)5)42-36(46)41-31-9-7-6-8-28(31)34(25-14-17-38-18-15-25)35(45)29-20-26-22-39-19-16-30(26)40-24(29)2/h6-13,16,19-22,25,34,38H,14-15,17-18H2,1-5H3,(H2,41,42,46). The van der Waals surface area contributed by atoms with Crippen molar-refractivity contribution in [3.63, 3.8) is 0 Å². The van der Waals surface area contributed by atoms with Gasteiger partial charge in [0.25, 0.3) is 0 Å². The molecule has 1 atom stereocenters. The topological polar surface area (TPSA) is 114 Å². The van der Waals surface area contributed by atoms with E-state index in [9.17, 15) is 9.59 Å². The zero-order valence-corrected chi connectivity index (χ0v) is 27.1. The summed E-state index contributed by atoms with van der Waals surface area (Å²) < 4.78 is 1.76. The summed E-state index contributed by atoms with van der Waals surface area (Å²) in [6.07, 6.45) is 5.15. The van der Waals surface area contributed by atoms with Gasteiger partial charge in [0.05, 0.1) is 22.8 Å². The van der Waals surface area contributed by atoms with Crippen LogP contribution in [0.15, 0.2) is 79.1 Å². The monoisotopic (exact) mass is 615 g/mol. The Balaban J connectivity index is 1.34. The van der Waals surface area contributed by atoms with Gasteiger partial charge >= 0.3 is 6.03 Å². The highest BCUT2D eigenvalue weighted by Crippen LogP contribution is 2.38. The molecule has 46 heavy (non-hydrogen) atoms. The lowest BCUT2D eigenvalue weighted by Gasteiger charge is -2.31. The zero-order valence-electron chi connectivity index (χ0n) is 27.1. The van der Waals surface area contributed by atoms with Crippen molar-refractivity contribution in [2.24, 2.45) is 5.92 Å². The predicted octanol–water partition coefficient (Wildman–Crippen LogP) is 7.34. The lowest BCUT2D eigenvalue weighted by Crippen LogP contribution is -2.34. The molecule has 9 heteroatoms. The van der Waals surface area contributed by atoms with E-state index in [-0.39, 0.29) is 17.1 Å². The number of fused-ring (bicyclic) bond motifs is 1. The number of carbonyl (C=O) groups is 2. The smallest absolute Gasteiger partial charge is 0.317 e. The summed E-state index contributed by atoms with van der Waals surface area (Å²) in [5, 5.41) is 15.2. The van der Waals surface area contributed by atoms with Gasteiger partial charge in [-0.3, -0.25) is 20.1 Å². The summed E-state index contributed by atoms with van der Waals surface area (Å²) in [6.45, 7) is 11.9. The van der Waals surface area contributed by atoms with E-state index in [0.717, 1.165) is 59.3 Å². The number of amides is 2. The van der Waals surface area contributed by atoms with Gasteiger partial charge in [-0.2, -0.15) is 5.10 Å². The van der Waals surface area contributed by atoms with Gasteiger partial charge in [-0.05, 0) is 81.6 Å². The quantitative estimate of drug-likeness (QED) is 0.165. The molecule has 3 N–H and O–H groups in total. The first kappa shape index (κ1) is 31.1. The molecule has 236 valence electrons. The number of hydrogen-bond acceptors (Lipinski definition) is 6. The number of nitrogens with zero attached hydrogens (tertiary/aromatic N) is 4. The first-order valence-electron chi connectivity index (χ1n) is 15.9. The summed E-state index contributed by atoms with van der Waals surface area (Å²) in [4.78, 5) is 37.2. The van der Waals surface area contributed by atoms with E-state index in [1.807, 2.05) is 80.6 Å². The van der Waals surface area contributed by atoms with Gasteiger partial charge in [-0.1, -0.05) is 56.7 Å². The molecule has 0 spiro atoms. The molecule has 3 aromatic heterocycles. The van der Waals surface area contributed by atoms with Crippen molar-refractivity contribution in [3.8, 4) is 5.69 Å². The summed E-state index contributed by atoms with van der Waals surface area (Å²) >= 11 is 0. The number of carbonyl (C=O) groups excluding carboxylic acids is 2. The van der Waals surface area contributed by atoms with Gasteiger partial charge in [0.2, 0.25) is 0 Å². The second-order valence-corrected chi connectivity index (χ2v) is 13.2. The summed E-state index contributed by atoms with van der Waals surface area (Å²) in [7, 11) is 0. The van der Waals surface area contributed by atoms with E-state index in [2.05, 4.69) is 41.7 Å². The number of pyridine rings is 2. The molecule has 9 nitrogen and oxygen atoms in total. The fourth-order valence-corrected chi connectivity index (χ4v) is 6.19. The van der Waals surface area contributed by atoms with Crippen LogP contribution in [0, 0.1) is 19.8 Å². The van der Waals surface area contributed by atoms with Crippen LogP contribution in [0.1, 0.15) is 72.4 Å². The largest absolute Gasteiger partial charge is 0.324 e. The predicted molar refractivity (Wildman–Crippen MR) is 183 cm³/mol. The second-order valence-electron chi connectivity index (χ2n) is 13.2. The number of urea groups is 1. The normalized spacial score (nSPS) is 14.6. The maximum absolute atomic E-state index is 14.5. The third kappa shape index (κ3) is 6.55. The summed E-state index contributed by atoms with van der Waals surface area (Å²) in [5.41, 5.74) is 6.09. The van der Waals surface area contributed by atoms with Crippen LogP contribution in [0.25, 0.3) is 16.6 Å². The molecule has 1 fully saturated rings. The van der Waals surface area contributed by atoms with Crippen molar-refractivity contribution in [2.45, 2.75) is 58.8 Å². The van der Waals surface area contributed by atoms with E-state index < -0.39 is 11.9 Å². The van der Waals surface area contributed by atoms with Crippen molar-refractivity contribution >= 4 is 34.2 Å². The van der Waals surface area contributed by atoms with Crippen molar-refractivity contribution < 1.29 is 9.59 Å². The number of aryl methyl sites for hydroxylation is 2. The molecule has 0 radical (unpaired) electrons. The Morgan fingerprint density at radius 3 is 2.43 bits per heavy atom. The number of benzene rings is 2. The van der Waals surface area contributed by atoms with Crippen LogP contribution in [-0.2, 0) is 5.41 Å². The van der Waals surface area contributed by atoms with Gasteiger partial charge in [0, 0.05) is 46.2 Å². The Hall–Kier alpha value is -4.89. The van der Waals surface area contributed by atoms with E-state index in [1.54, 1.807) is 17.1 Å². The number of piperidine rings is 1. The van der Waals surface area contributed by atoms with E-state index in [4.69, 9.17) is 10.1 Å². The third-order valence-electron chi connectivity index (χ3n) is 8.75. The Bertz CT molecular complexity index is 1880. The SMILES string of the molecule is Cc1ccc(-n2nc(C(C)(C)C)cc2NC(=O)Nc2ccccc2C(C(=O)c2cc3cnccc3nc2C)C2CCNCC2)cc1. The van der Waals surface area contributed by atoms with Gasteiger partial charge in [0.15, 0.2) is 5.78 Å². The molecule has 2 aromatic carbocycles. The van der Waals surface area contributed by atoms with Crippen LogP contribution in [0.2, 0.25) is 0 Å². The average molecular weight is 616 g/mol. The van der Waals surface area contributed by atoms with Crippen LogP contribution in [0.4, 0.5) is 16.3 Å². The summed E-state index contributed by atoms with van der Waals surface area (Å²) in [5.74, 6) is 0.200. The number of anilines is 2. The summed E-state index contributed by atoms with van der Waals surface area (Å²) in [6, 6.07) is 20.9. The van der Waals surface area contributed by atoms with Crippen LogP contribution < -0.4 is 16.0 Å². The highest BCUT2D eigenvalue weighted by molar-refractivity contribution is 6.06. The van der Waals surface area contributed by atoms with Gasteiger partial charge < -0.3 is 10.6 Å². The van der Waals surface area contributed by atoms with E-state index in [0.29, 0.717) is 22.8 Å². The minimum atomic E-state index is -0.459. The molecular formula is C37H41N7O2. The van der Waals surface area contributed by atoms with Crippen LogP contribution in [0.5, 0.6) is 0 Å². The van der Waals surface area contributed by atoms with Crippen molar-refractivity contribution in [1.29, 1.82) is 0 Å². The molecule has 6 rings (SSSR count). The first-order valence-corrected chi connectivity index (χ1v) is 15.9. The number of para-hydroxylation sites is 1. The lowest BCUT2D eigenvalue weighted by molar-refractivity contribution is 0.0915. The molecular weight excluding hydrogens is 574 g/mol. The first-order chi connectivity index (χ1) is 22.1. The molecule has 1 saturated heterocycles. The van der Waals surface area contributed by atoms with Gasteiger partial charge in [-0.15, -0.1) is 0 Å². The number of aromatic nitrogens is 4. The molecule has 4 heterocycles. The molecule has 0 bridgehead atoms. The fourth-order valence-electron chi connectivity index (χ4n) is 6.19. The minimum absolute atomic E-state index is 0.00424. The zero-order chi connectivity index (χ0) is 32.4. The molecule has 2 amide bonds. The number of nitrogens with one attached hydrogen (secondary N) is 3. The minimum Gasteiger partial charge on any atom is -0.317 e. The molecule has 1 aliphatic rings. The lowest BCUT2D eigenvalue weighted by atomic mass is 9.75. The second kappa shape index (κ2) is 12.8.